The van der Waals surface area contributed by atoms with Gasteiger partial charge in [0.15, 0.2) is 11.5 Å². The van der Waals surface area contributed by atoms with E-state index in [1.165, 1.54) is 33.6 Å². The van der Waals surface area contributed by atoms with E-state index in [2.05, 4.69) is 10.2 Å². The van der Waals surface area contributed by atoms with Gasteiger partial charge in [-0.25, -0.2) is 19.0 Å². The monoisotopic (exact) mass is 674 g/mol. The second kappa shape index (κ2) is 13.9. The van der Waals surface area contributed by atoms with Gasteiger partial charge in [0.1, 0.15) is 6.61 Å². The van der Waals surface area contributed by atoms with Crippen molar-refractivity contribution in [1.29, 1.82) is 0 Å². The topological polar surface area (TPSA) is 169 Å². The Morgan fingerprint density at radius 3 is 1.72 bits per heavy atom. The fourth-order valence-corrected chi connectivity index (χ4v) is 6.02. The predicted octanol–water partition coefficient (Wildman–Crippen LogP) is 5.82. The predicted molar refractivity (Wildman–Crippen MR) is 186 cm³/mol. The van der Waals surface area contributed by atoms with E-state index in [0.717, 1.165) is 5.56 Å². The van der Waals surface area contributed by atoms with Gasteiger partial charge in [-0.3, -0.25) is 19.8 Å². The highest BCUT2D eigenvalue weighted by atomic mass is 16.5. The van der Waals surface area contributed by atoms with Crippen LogP contribution >= 0.6 is 0 Å². The van der Waals surface area contributed by atoms with Gasteiger partial charge in [-0.2, -0.15) is 0 Å². The molecule has 0 aliphatic rings. The number of aromatic carboxylic acids is 2. The molecule has 4 aromatic carbocycles. The fraction of sp³-hybridized carbons (Fsp3) is 0.158. The van der Waals surface area contributed by atoms with Gasteiger partial charge in [0.2, 0.25) is 0 Å². The SMILES string of the molecule is CCOc1cc(C(c2c(C)[nH]n(-c3cccc(C(=O)O)c3)c2=O)c2c(C)[nH]n(-c3cccc(C(=O)O)c3)c2=O)ccc1OCc1ccccc1. The Labute approximate surface area is 285 Å². The second-order valence-corrected chi connectivity index (χ2v) is 11.6. The van der Waals surface area contributed by atoms with Crippen molar-refractivity contribution < 1.29 is 29.3 Å². The molecule has 2 aromatic heterocycles. The molecule has 0 bridgehead atoms. The molecule has 0 aliphatic carbocycles. The molecule has 12 nitrogen and oxygen atoms in total. The van der Waals surface area contributed by atoms with Crippen molar-refractivity contribution in [2.75, 3.05) is 6.61 Å². The Morgan fingerprint density at radius 2 is 1.22 bits per heavy atom. The summed E-state index contributed by atoms with van der Waals surface area (Å²) in [5, 5.41) is 25.3. The van der Waals surface area contributed by atoms with Gasteiger partial charge in [-0.15, -0.1) is 0 Å². The third-order valence-corrected chi connectivity index (χ3v) is 8.35. The van der Waals surface area contributed by atoms with Gasteiger partial charge in [-0.1, -0.05) is 48.5 Å². The highest BCUT2D eigenvalue weighted by Gasteiger charge is 2.32. The number of rotatable bonds is 12. The van der Waals surface area contributed by atoms with Crippen LogP contribution < -0.4 is 20.6 Å². The Balaban J connectivity index is 1.54. The summed E-state index contributed by atoms with van der Waals surface area (Å²) in [5.74, 6) is -2.35. The minimum atomic E-state index is -1.14. The fourth-order valence-electron chi connectivity index (χ4n) is 6.02. The molecule has 4 N–H and O–H groups in total. The van der Waals surface area contributed by atoms with Crippen LogP contribution in [0.15, 0.2) is 107 Å². The van der Waals surface area contributed by atoms with Gasteiger partial charge in [0, 0.05) is 17.3 Å². The van der Waals surface area contributed by atoms with Crippen molar-refractivity contribution in [3.05, 3.63) is 163 Å². The van der Waals surface area contributed by atoms with Crippen LogP contribution in [-0.2, 0) is 6.61 Å². The molecular formula is C38H34N4O8. The zero-order valence-electron chi connectivity index (χ0n) is 27.5. The molecule has 0 unspecified atom stereocenters. The summed E-state index contributed by atoms with van der Waals surface area (Å²) >= 11 is 0. The van der Waals surface area contributed by atoms with Crippen LogP contribution in [0.2, 0.25) is 0 Å². The third kappa shape index (κ3) is 6.46. The summed E-state index contributed by atoms with van der Waals surface area (Å²) in [6.07, 6.45) is 0. The van der Waals surface area contributed by atoms with Crippen molar-refractivity contribution in [3.63, 3.8) is 0 Å². The van der Waals surface area contributed by atoms with E-state index in [9.17, 15) is 29.4 Å². The molecule has 6 aromatic rings. The molecule has 0 amide bonds. The van der Waals surface area contributed by atoms with E-state index in [1.54, 1.807) is 56.3 Å². The summed E-state index contributed by atoms with van der Waals surface area (Å²) in [6.45, 7) is 5.86. The first-order chi connectivity index (χ1) is 24.1. The normalized spacial score (nSPS) is 11.1. The molecular weight excluding hydrogens is 640 g/mol. The minimum absolute atomic E-state index is 0.000146. The highest BCUT2D eigenvalue weighted by molar-refractivity contribution is 5.88. The first-order valence-corrected chi connectivity index (χ1v) is 15.8. The molecule has 50 heavy (non-hydrogen) atoms. The zero-order chi connectivity index (χ0) is 35.5. The van der Waals surface area contributed by atoms with E-state index in [-0.39, 0.29) is 28.9 Å². The average molecular weight is 675 g/mol. The molecule has 0 fully saturated rings. The first-order valence-electron chi connectivity index (χ1n) is 15.8. The Bertz CT molecular complexity index is 2220. The molecule has 254 valence electrons. The molecule has 0 atom stereocenters. The molecule has 0 radical (unpaired) electrons. The number of H-pyrrole nitrogens is 2. The number of ether oxygens (including phenoxy) is 2. The molecule has 12 heteroatoms. The smallest absolute Gasteiger partial charge is 0.335 e. The second-order valence-electron chi connectivity index (χ2n) is 11.6. The number of aromatic amines is 2. The van der Waals surface area contributed by atoms with Crippen molar-refractivity contribution in [2.45, 2.75) is 33.3 Å². The number of benzene rings is 4. The van der Waals surface area contributed by atoms with Crippen LogP contribution in [0.4, 0.5) is 0 Å². The Hall–Kier alpha value is -6.56. The van der Waals surface area contributed by atoms with E-state index < -0.39 is 29.0 Å². The molecule has 0 aliphatic heterocycles. The van der Waals surface area contributed by atoms with Gasteiger partial charge in [-0.05, 0) is 80.4 Å². The van der Waals surface area contributed by atoms with Gasteiger partial charge >= 0.3 is 11.9 Å². The van der Waals surface area contributed by atoms with Crippen LogP contribution in [0.5, 0.6) is 11.5 Å². The van der Waals surface area contributed by atoms with E-state index in [1.807, 2.05) is 37.3 Å². The summed E-state index contributed by atoms with van der Waals surface area (Å²) in [7, 11) is 0. The number of carboxylic acid groups (broad SMARTS) is 2. The number of nitrogens with one attached hydrogen (secondary N) is 2. The highest BCUT2D eigenvalue weighted by Crippen LogP contribution is 2.38. The van der Waals surface area contributed by atoms with Crippen LogP contribution in [0.25, 0.3) is 11.4 Å². The summed E-state index contributed by atoms with van der Waals surface area (Å²) in [4.78, 5) is 52.2. The number of hydrogen-bond acceptors (Lipinski definition) is 6. The zero-order valence-corrected chi connectivity index (χ0v) is 27.5. The number of carboxylic acids is 2. The van der Waals surface area contributed by atoms with E-state index in [4.69, 9.17) is 9.47 Å². The lowest BCUT2D eigenvalue weighted by Crippen LogP contribution is -2.25. The van der Waals surface area contributed by atoms with Gasteiger partial charge in [0.25, 0.3) is 11.1 Å². The Morgan fingerprint density at radius 1 is 0.680 bits per heavy atom. The lowest BCUT2D eigenvalue weighted by atomic mass is 9.85. The maximum Gasteiger partial charge on any atom is 0.335 e. The van der Waals surface area contributed by atoms with Crippen molar-refractivity contribution in [2.24, 2.45) is 0 Å². The lowest BCUT2D eigenvalue weighted by molar-refractivity contribution is 0.0686. The third-order valence-electron chi connectivity index (χ3n) is 8.35. The average Bonchev–Trinajstić information content (AvgIpc) is 3.58. The van der Waals surface area contributed by atoms with Crippen molar-refractivity contribution in [3.8, 4) is 22.9 Å². The van der Waals surface area contributed by atoms with Gasteiger partial charge in [0.05, 0.1) is 40.2 Å². The summed E-state index contributed by atoms with van der Waals surface area (Å²) in [6, 6.07) is 26.8. The number of aryl methyl sites for hydroxylation is 2. The molecule has 6 rings (SSSR count). The maximum atomic E-state index is 14.4. The van der Waals surface area contributed by atoms with E-state index in [0.29, 0.717) is 46.4 Å². The van der Waals surface area contributed by atoms with Gasteiger partial charge < -0.3 is 19.7 Å². The summed E-state index contributed by atoms with van der Waals surface area (Å²) in [5.41, 5.74) is 2.53. The van der Waals surface area contributed by atoms with Crippen LogP contribution in [0, 0.1) is 13.8 Å². The number of nitrogens with zero attached hydrogens (tertiary/aromatic N) is 2. The lowest BCUT2D eigenvalue weighted by Gasteiger charge is -2.19. The van der Waals surface area contributed by atoms with Crippen LogP contribution in [-0.4, -0.2) is 48.3 Å². The molecule has 0 saturated heterocycles. The molecule has 0 saturated carbocycles. The minimum Gasteiger partial charge on any atom is -0.490 e. The van der Waals surface area contributed by atoms with Crippen molar-refractivity contribution in [1.82, 2.24) is 19.6 Å². The quantitative estimate of drug-likeness (QED) is 0.126. The number of hydrogen-bond donors (Lipinski definition) is 4. The van der Waals surface area contributed by atoms with Crippen LogP contribution in [0.3, 0.4) is 0 Å². The number of carbonyl (C=O) groups is 2. The molecule has 0 spiro atoms. The number of aromatic nitrogens is 4. The molecule has 2 heterocycles. The first kappa shape index (κ1) is 33.3. The summed E-state index contributed by atoms with van der Waals surface area (Å²) < 4.78 is 14.7. The Kier molecular flexibility index (Phi) is 9.26. The van der Waals surface area contributed by atoms with Crippen molar-refractivity contribution >= 4 is 11.9 Å². The standard InChI is InChI=1S/C38H34N4O8/c1-4-49-31-20-25(16-17-30(31)50-21-24-10-6-5-7-11-24)34(32-22(2)39-41(35(32)43)28-14-8-12-26(18-28)37(45)46)33-23(3)40-42(36(33)44)29-15-9-13-27(19-29)38(47)48/h5-20,34,39-40H,4,21H2,1-3H3,(H,45,46)(H,47,48). The van der Waals surface area contributed by atoms with E-state index >= 15 is 0 Å². The maximum absolute atomic E-state index is 14.4. The largest absolute Gasteiger partial charge is 0.490 e. The van der Waals surface area contributed by atoms with Crippen LogP contribution in [0.1, 0.15) is 67.2 Å².